The van der Waals surface area contributed by atoms with Crippen LogP contribution in [0.5, 0.6) is 0 Å². The van der Waals surface area contributed by atoms with Gasteiger partial charge >= 0.3 is 5.97 Å². The lowest BCUT2D eigenvalue weighted by Gasteiger charge is -1.99. The number of H-pyrrole nitrogens is 1. The Hall–Kier alpha value is -2.69. The van der Waals surface area contributed by atoms with Crippen LogP contribution in [0.3, 0.4) is 0 Å². The van der Waals surface area contributed by atoms with Gasteiger partial charge in [-0.15, -0.1) is 0 Å². The van der Waals surface area contributed by atoms with Gasteiger partial charge in [-0.3, -0.25) is 0 Å². The fourth-order valence-corrected chi connectivity index (χ4v) is 2.21. The molecule has 0 atom stereocenters. The van der Waals surface area contributed by atoms with Crippen molar-refractivity contribution in [3.63, 3.8) is 0 Å². The van der Waals surface area contributed by atoms with E-state index in [2.05, 4.69) is 9.97 Å². The highest BCUT2D eigenvalue weighted by molar-refractivity contribution is 6.01. The minimum atomic E-state index is -1.04. The third-order valence-corrected chi connectivity index (χ3v) is 3.06. The Morgan fingerprint density at radius 1 is 1.30 bits per heavy atom. The quantitative estimate of drug-likeness (QED) is 0.750. The molecule has 100 valence electrons. The maximum absolute atomic E-state index is 13.4. The number of hydrogen-bond acceptors (Lipinski definition) is 2. The lowest BCUT2D eigenvalue weighted by atomic mass is 10.1. The van der Waals surface area contributed by atoms with Crippen LogP contribution in [-0.2, 0) is 0 Å². The number of hydrogen-bond donors (Lipinski definition) is 2. The predicted molar refractivity (Wildman–Crippen MR) is 73.2 cm³/mol. The molecule has 1 heterocycles. The number of aromatic amines is 1. The van der Waals surface area contributed by atoms with Gasteiger partial charge in [-0.2, -0.15) is 0 Å². The molecule has 0 saturated carbocycles. The van der Waals surface area contributed by atoms with Gasteiger partial charge in [0.05, 0.1) is 11.1 Å². The van der Waals surface area contributed by atoms with Gasteiger partial charge < -0.3 is 10.1 Å². The van der Waals surface area contributed by atoms with Crippen molar-refractivity contribution in [3.05, 3.63) is 53.3 Å². The van der Waals surface area contributed by atoms with Gasteiger partial charge in [0.2, 0.25) is 0 Å². The first-order valence-corrected chi connectivity index (χ1v) is 6.04. The molecule has 0 spiro atoms. The summed E-state index contributed by atoms with van der Waals surface area (Å²) in [5.74, 6) is -0.931. The number of halogens is 1. The van der Waals surface area contributed by atoms with Crippen LogP contribution in [0.1, 0.15) is 15.9 Å². The summed E-state index contributed by atoms with van der Waals surface area (Å²) < 4.78 is 13.4. The average Bonchev–Trinajstić information content (AvgIpc) is 2.80. The molecule has 0 fully saturated rings. The Morgan fingerprint density at radius 3 is 2.80 bits per heavy atom. The predicted octanol–water partition coefficient (Wildman–Crippen LogP) is 3.38. The fourth-order valence-electron chi connectivity index (χ4n) is 2.21. The number of benzene rings is 2. The summed E-state index contributed by atoms with van der Waals surface area (Å²) >= 11 is 0. The maximum Gasteiger partial charge on any atom is 0.337 e. The summed E-state index contributed by atoms with van der Waals surface area (Å²) in [6, 6.07) is 9.46. The third-order valence-electron chi connectivity index (χ3n) is 3.06. The average molecular weight is 270 g/mol. The number of nitrogens with one attached hydrogen (secondary N) is 1. The first kappa shape index (κ1) is 12.3. The number of carboxylic acid groups (broad SMARTS) is 1. The first-order valence-electron chi connectivity index (χ1n) is 6.04. The molecule has 4 nitrogen and oxygen atoms in total. The van der Waals surface area contributed by atoms with Gasteiger partial charge in [-0.05, 0) is 42.8 Å². The van der Waals surface area contributed by atoms with Crippen LogP contribution in [0.25, 0.3) is 22.4 Å². The Morgan fingerprint density at radius 2 is 2.10 bits per heavy atom. The zero-order valence-electron chi connectivity index (χ0n) is 10.6. The van der Waals surface area contributed by atoms with Crippen molar-refractivity contribution in [2.45, 2.75) is 6.92 Å². The molecule has 0 aliphatic carbocycles. The number of carbonyl (C=O) groups is 1. The van der Waals surface area contributed by atoms with E-state index in [0.29, 0.717) is 22.4 Å². The van der Waals surface area contributed by atoms with Crippen LogP contribution in [-0.4, -0.2) is 21.0 Å². The maximum atomic E-state index is 13.4. The molecule has 1 aromatic heterocycles. The van der Waals surface area contributed by atoms with Gasteiger partial charge in [0.1, 0.15) is 17.2 Å². The second kappa shape index (κ2) is 4.45. The van der Waals surface area contributed by atoms with E-state index in [1.54, 1.807) is 25.1 Å². The number of aryl methyl sites for hydroxylation is 1. The Balaban J connectivity index is 2.23. The van der Waals surface area contributed by atoms with Gasteiger partial charge in [-0.1, -0.05) is 6.07 Å². The van der Waals surface area contributed by atoms with Crippen molar-refractivity contribution >= 4 is 17.0 Å². The first-order chi connectivity index (χ1) is 9.54. The lowest BCUT2D eigenvalue weighted by Crippen LogP contribution is -1.96. The number of nitrogens with zero attached hydrogens (tertiary/aromatic N) is 1. The Labute approximate surface area is 113 Å². The molecule has 3 rings (SSSR count). The van der Waals surface area contributed by atoms with Crippen molar-refractivity contribution in [2.75, 3.05) is 0 Å². The minimum Gasteiger partial charge on any atom is -0.478 e. The Bertz CT molecular complexity index is 804. The smallest absolute Gasteiger partial charge is 0.337 e. The monoisotopic (exact) mass is 270 g/mol. The fraction of sp³-hybridized carbons (Fsp3) is 0.0667. The van der Waals surface area contributed by atoms with Gasteiger partial charge in [0.25, 0.3) is 0 Å². The van der Waals surface area contributed by atoms with Crippen molar-refractivity contribution in [3.8, 4) is 11.4 Å². The van der Waals surface area contributed by atoms with Crippen molar-refractivity contribution in [1.29, 1.82) is 0 Å². The van der Waals surface area contributed by atoms with Crippen molar-refractivity contribution < 1.29 is 14.3 Å². The number of aromatic nitrogens is 2. The second-order valence-corrected chi connectivity index (χ2v) is 4.61. The summed E-state index contributed by atoms with van der Waals surface area (Å²) in [4.78, 5) is 18.5. The minimum absolute atomic E-state index is 0.123. The van der Waals surface area contributed by atoms with Gasteiger partial charge in [-0.25, -0.2) is 14.2 Å². The molecule has 0 bridgehead atoms. The second-order valence-electron chi connectivity index (χ2n) is 4.61. The van der Waals surface area contributed by atoms with Crippen LogP contribution >= 0.6 is 0 Å². The molecule has 0 aliphatic rings. The molecule has 2 aromatic carbocycles. The van der Waals surface area contributed by atoms with E-state index < -0.39 is 5.97 Å². The molecule has 0 unspecified atom stereocenters. The molecule has 0 saturated heterocycles. The summed E-state index contributed by atoms with van der Waals surface area (Å²) in [6.07, 6.45) is 0. The van der Waals surface area contributed by atoms with E-state index in [0.717, 1.165) is 5.56 Å². The van der Waals surface area contributed by atoms with Gasteiger partial charge in [0.15, 0.2) is 0 Å². The Kier molecular flexibility index (Phi) is 2.75. The van der Waals surface area contributed by atoms with Gasteiger partial charge in [0, 0.05) is 5.56 Å². The molecule has 0 radical (unpaired) electrons. The molecular formula is C15H11FN2O2. The largest absolute Gasteiger partial charge is 0.478 e. The summed E-state index contributed by atoms with van der Waals surface area (Å²) in [7, 11) is 0. The van der Waals surface area contributed by atoms with Crippen LogP contribution in [0.2, 0.25) is 0 Å². The van der Waals surface area contributed by atoms with E-state index >= 15 is 0 Å². The normalized spacial score (nSPS) is 10.9. The number of para-hydroxylation sites is 1. The number of aromatic carboxylic acids is 1. The van der Waals surface area contributed by atoms with E-state index in [1.165, 1.54) is 18.2 Å². The third kappa shape index (κ3) is 2.03. The molecule has 20 heavy (non-hydrogen) atoms. The van der Waals surface area contributed by atoms with Crippen LogP contribution in [0, 0.1) is 12.7 Å². The van der Waals surface area contributed by atoms with Crippen LogP contribution in [0.4, 0.5) is 4.39 Å². The van der Waals surface area contributed by atoms with Crippen LogP contribution in [0.15, 0.2) is 36.4 Å². The van der Waals surface area contributed by atoms with Crippen LogP contribution < -0.4 is 0 Å². The number of imidazole rings is 1. The summed E-state index contributed by atoms with van der Waals surface area (Å²) in [5.41, 5.74) is 2.48. The highest BCUT2D eigenvalue weighted by Gasteiger charge is 2.13. The molecular weight excluding hydrogens is 259 g/mol. The SMILES string of the molecule is Cc1cc(F)cc(-c2nc3c(C(=O)O)cccc3[nH]2)c1. The molecule has 3 aromatic rings. The van der Waals surface area contributed by atoms with E-state index in [4.69, 9.17) is 5.11 Å². The molecule has 2 N–H and O–H groups in total. The zero-order valence-corrected chi connectivity index (χ0v) is 10.6. The van der Waals surface area contributed by atoms with Crippen molar-refractivity contribution in [1.82, 2.24) is 9.97 Å². The molecule has 0 aliphatic heterocycles. The lowest BCUT2D eigenvalue weighted by molar-refractivity contribution is 0.0699. The molecule has 5 heteroatoms. The van der Waals surface area contributed by atoms with E-state index in [9.17, 15) is 9.18 Å². The number of fused-ring (bicyclic) bond motifs is 1. The highest BCUT2D eigenvalue weighted by Crippen LogP contribution is 2.24. The number of rotatable bonds is 2. The summed E-state index contributed by atoms with van der Waals surface area (Å²) in [6.45, 7) is 1.79. The van der Waals surface area contributed by atoms with Crippen molar-refractivity contribution in [2.24, 2.45) is 0 Å². The zero-order chi connectivity index (χ0) is 14.3. The number of carboxylic acids is 1. The van der Waals surface area contributed by atoms with E-state index in [-0.39, 0.29) is 11.4 Å². The van der Waals surface area contributed by atoms with E-state index in [1.807, 2.05) is 0 Å². The topological polar surface area (TPSA) is 66.0 Å². The summed E-state index contributed by atoms with van der Waals surface area (Å²) in [5, 5.41) is 9.14. The molecule has 0 amide bonds. The highest BCUT2D eigenvalue weighted by atomic mass is 19.1. The standard InChI is InChI=1S/C15H11FN2O2/c1-8-5-9(7-10(16)6-8)14-17-12-4-2-3-11(15(19)20)13(12)18-14/h2-7H,1H3,(H,17,18)(H,19,20).